The van der Waals surface area contributed by atoms with Gasteiger partial charge in [-0.3, -0.25) is 9.59 Å². The summed E-state index contributed by atoms with van der Waals surface area (Å²) in [5.41, 5.74) is 0.585. The van der Waals surface area contributed by atoms with Crippen LogP contribution in [0.25, 0.3) is 6.08 Å². The van der Waals surface area contributed by atoms with Crippen molar-refractivity contribution in [2.45, 2.75) is 32.2 Å². The van der Waals surface area contributed by atoms with E-state index in [0.717, 1.165) is 6.42 Å². The molecule has 6 heteroatoms. The molecule has 0 heterocycles. The third-order valence-electron chi connectivity index (χ3n) is 2.78. The second kappa shape index (κ2) is 8.42. The molecule has 0 aliphatic heterocycles. The molecule has 0 aliphatic rings. The van der Waals surface area contributed by atoms with Crippen LogP contribution in [0.2, 0.25) is 5.02 Å². The highest BCUT2D eigenvalue weighted by atomic mass is 35.5. The second-order valence-corrected chi connectivity index (χ2v) is 5.01. The molecule has 0 spiro atoms. The van der Waals surface area contributed by atoms with Gasteiger partial charge in [0, 0.05) is 12.1 Å². The lowest BCUT2D eigenvalue weighted by Gasteiger charge is -2.14. The number of nitrogens with one attached hydrogen (secondary N) is 1. The number of halogens is 2. The van der Waals surface area contributed by atoms with E-state index >= 15 is 0 Å². The fourth-order valence-electron chi connectivity index (χ4n) is 1.82. The average molecular weight is 314 g/mol. The molecule has 0 saturated carbocycles. The number of carbonyl (C=O) groups excluding carboxylic acids is 1. The van der Waals surface area contributed by atoms with Crippen molar-refractivity contribution in [3.8, 4) is 0 Å². The van der Waals surface area contributed by atoms with Crippen molar-refractivity contribution in [3.63, 3.8) is 0 Å². The third kappa shape index (κ3) is 6.40. The summed E-state index contributed by atoms with van der Waals surface area (Å²) in [4.78, 5) is 22.4. The SMILES string of the molecule is CCCC(CC(=O)O)NC(=O)/C=C/c1ccc(F)c(Cl)c1. The fraction of sp³-hybridized carbons (Fsp3) is 0.333. The van der Waals surface area contributed by atoms with E-state index in [4.69, 9.17) is 16.7 Å². The average Bonchev–Trinajstić information content (AvgIpc) is 2.39. The lowest BCUT2D eigenvalue weighted by atomic mass is 10.1. The molecule has 0 radical (unpaired) electrons. The minimum atomic E-state index is -0.956. The van der Waals surface area contributed by atoms with Crippen LogP contribution in [0.4, 0.5) is 4.39 Å². The molecule has 21 heavy (non-hydrogen) atoms. The highest BCUT2D eigenvalue weighted by Crippen LogP contribution is 2.16. The van der Waals surface area contributed by atoms with Gasteiger partial charge in [0.05, 0.1) is 11.4 Å². The first-order valence-electron chi connectivity index (χ1n) is 6.57. The zero-order valence-corrected chi connectivity index (χ0v) is 12.4. The van der Waals surface area contributed by atoms with Crippen LogP contribution < -0.4 is 5.32 Å². The highest BCUT2D eigenvalue weighted by Gasteiger charge is 2.13. The predicted octanol–water partition coefficient (Wildman–Crippen LogP) is 3.25. The number of carbonyl (C=O) groups is 2. The molecular formula is C15H17ClFNO3. The maximum Gasteiger partial charge on any atom is 0.305 e. The summed E-state index contributed by atoms with van der Waals surface area (Å²) in [5, 5.41) is 11.4. The van der Waals surface area contributed by atoms with Gasteiger partial charge in [-0.25, -0.2) is 4.39 Å². The molecular weight excluding hydrogens is 297 g/mol. The highest BCUT2D eigenvalue weighted by molar-refractivity contribution is 6.30. The topological polar surface area (TPSA) is 66.4 Å². The molecule has 2 N–H and O–H groups in total. The number of rotatable bonds is 7. The van der Waals surface area contributed by atoms with Crippen LogP contribution in [0.5, 0.6) is 0 Å². The first-order valence-corrected chi connectivity index (χ1v) is 6.95. The lowest BCUT2D eigenvalue weighted by Crippen LogP contribution is -2.35. The van der Waals surface area contributed by atoms with E-state index in [1.54, 1.807) is 0 Å². The normalized spacial score (nSPS) is 12.3. The van der Waals surface area contributed by atoms with Gasteiger partial charge in [-0.2, -0.15) is 0 Å². The molecule has 1 amide bonds. The van der Waals surface area contributed by atoms with Crippen molar-refractivity contribution < 1.29 is 19.1 Å². The molecule has 4 nitrogen and oxygen atoms in total. The number of aliphatic carboxylic acids is 1. The lowest BCUT2D eigenvalue weighted by molar-refractivity contribution is -0.137. The Morgan fingerprint density at radius 1 is 1.48 bits per heavy atom. The summed E-state index contributed by atoms with van der Waals surface area (Å²) in [6, 6.07) is 3.71. The van der Waals surface area contributed by atoms with Gasteiger partial charge < -0.3 is 10.4 Å². The minimum Gasteiger partial charge on any atom is -0.481 e. The second-order valence-electron chi connectivity index (χ2n) is 4.60. The van der Waals surface area contributed by atoms with Crippen LogP contribution in [0.3, 0.4) is 0 Å². The molecule has 0 aromatic heterocycles. The molecule has 0 saturated heterocycles. The molecule has 0 aliphatic carbocycles. The van der Waals surface area contributed by atoms with E-state index in [1.165, 1.54) is 30.4 Å². The molecule has 114 valence electrons. The zero-order chi connectivity index (χ0) is 15.8. The molecule has 0 bridgehead atoms. The molecule has 1 rings (SSSR count). The standard InChI is InChI=1S/C15H17ClFNO3/c1-2-3-11(9-15(20)21)18-14(19)7-5-10-4-6-13(17)12(16)8-10/h4-8,11H,2-3,9H2,1H3,(H,18,19)(H,20,21)/b7-5+. The number of benzene rings is 1. The Hall–Kier alpha value is -1.88. The van der Waals surface area contributed by atoms with Crippen molar-refractivity contribution in [1.82, 2.24) is 5.32 Å². The summed E-state index contributed by atoms with van der Waals surface area (Å²) in [6.45, 7) is 1.91. The number of hydrogen-bond acceptors (Lipinski definition) is 2. The Morgan fingerprint density at radius 3 is 2.76 bits per heavy atom. The van der Waals surface area contributed by atoms with Gasteiger partial charge >= 0.3 is 5.97 Å². The van der Waals surface area contributed by atoms with Crippen LogP contribution in [-0.4, -0.2) is 23.0 Å². The Kier molecular flexibility index (Phi) is 6.88. The number of hydrogen-bond donors (Lipinski definition) is 2. The van der Waals surface area contributed by atoms with E-state index in [2.05, 4.69) is 5.32 Å². The number of amides is 1. The van der Waals surface area contributed by atoms with Crippen LogP contribution in [0, 0.1) is 5.82 Å². The molecule has 0 fully saturated rings. The maximum atomic E-state index is 13.0. The first-order chi connectivity index (χ1) is 9.92. The molecule has 1 aromatic rings. The Morgan fingerprint density at radius 2 is 2.19 bits per heavy atom. The van der Waals surface area contributed by atoms with Crippen molar-refractivity contribution in [3.05, 3.63) is 40.7 Å². The van der Waals surface area contributed by atoms with E-state index in [0.29, 0.717) is 12.0 Å². The summed E-state index contributed by atoms with van der Waals surface area (Å²) in [6.07, 6.45) is 4.01. The Labute approximate surface area is 127 Å². The summed E-state index contributed by atoms with van der Waals surface area (Å²) in [5.74, 6) is -1.87. The maximum absolute atomic E-state index is 13.0. The van der Waals surface area contributed by atoms with E-state index in [1.807, 2.05) is 6.92 Å². The van der Waals surface area contributed by atoms with Gasteiger partial charge in [0.1, 0.15) is 5.82 Å². The van der Waals surface area contributed by atoms with E-state index < -0.39 is 23.7 Å². The van der Waals surface area contributed by atoms with Crippen molar-refractivity contribution >= 4 is 29.6 Å². The van der Waals surface area contributed by atoms with Gasteiger partial charge in [0.25, 0.3) is 0 Å². The quantitative estimate of drug-likeness (QED) is 0.759. The monoisotopic (exact) mass is 313 g/mol. The van der Waals surface area contributed by atoms with Crippen molar-refractivity contribution in [2.24, 2.45) is 0 Å². The summed E-state index contributed by atoms with van der Waals surface area (Å²) in [7, 11) is 0. The number of carboxylic acids is 1. The Bertz CT molecular complexity index is 546. The van der Waals surface area contributed by atoms with Crippen molar-refractivity contribution in [1.29, 1.82) is 0 Å². The minimum absolute atomic E-state index is 0.0210. The van der Waals surface area contributed by atoms with Crippen LogP contribution in [-0.2, 0) is 9.59 Å². The zero-order valence-electron chi connectivity index (χ0n) is 11.6. The van der Waals surface area contributed by atoms with Gasteiger partial charge in [0.2, 0.25) is 5.91 Å². The van der Waals surface area contributed by atoms with Gasteiger partial charge in [0.15, 0.2) is 0 Å². The predicted molar refractivity (Wildman–Crippen MR) is 79.5 cm³/mol. The molecule has 1 atom stereocenters. The Balaban J connectivity index is 2.63. The first kappa shape index (κ1) is 17.2. The van der Waals surface area contributed by atoms with Gasteiger partial charge in [-0.15, -0.1) is 0 Å². The summed E-state index contributed by atoms with van der Waals surface area (Å²) >= 11 is 5.64. The van der Waals surface area contributed by atoms with E-state index in [9.17, 15) is 14.0 Å². The summed E-state index contributed by atoms with van der Waals surface area (Å²) < 4.78 is 13.0. The molecule has 1 aromatic carbocycles. The molecule has 1 unspecified atom stereocenters. The number of carboxylic acid groups (broad SMARTS) is 1. The van der Waals surface area contributed by atoms with Gasteiger partial charge in [-0.05, 0) is 30.2 Å². The van der Waals surface area contributed by atoms with Crippen molar-refractivity contribution in [2.75, 3.05) is 0 Å². The van der Waals surface area contributed by atoms with Crippen LogP contribution in [0.1, 0.15) is 31.7 Å². The van der Waals surface area contributed by atoms with Crippen LogP contribution >= 0.6 is 11.6 Å². The third-order valence-corrected chi connectivity index (χ3v) is 3.07. The largest absolute Gasteiger partial charge is 0.481 e. The smallest absolute Gasteiger partial charge is 0.305 e. The van der Waals surface area contributed by atoms with Gasteiger partial charge in [-0.1, -0.05) is 31.0 Å². The fourth-order valence-corrected chi connectivity index (χ4v) is 2.01. The van der Waals surface area contributed by atoms with E-state index in [-0.39, 0.29) is 11.4 Å². The van der Waals surface area contributed by atoms with Crippen LogP contribution in [0.15, 0.2) is 24.3 Å².